The standard InChI is InChI=1S/C14H30N2.C5H11N/c1-4-6-14(7-5-2)8-9-16-12-10-15(3)11-13-16;1-4-5(2)6-3/h14H,4-13H2,1-3H3;6H,2,4H2,1,3H3. The van der Waals surface area contributed by atoms with E-state index in [1.54, 1.807) is 0 Å². The Morgan fingerprint density at radius 3 is 1.91 bits per heavy atom. The summed E-state index contributed by atoms with van der Waals surface area (Å²) in [5, 5.41) is 2.92. The summed E-state index contributed by atoms with van der Waals surface area (Å²) in [7, 11) is 4.11. The normalized spacial score (nSPS) is 16.3. The quantitative estimate of drug-likeness (QED) is 0.695. The summed E-state index contributed by atoms with van der Waals surface area (Å²) in [6.07, 6.45) is 8.02. The molecule has 1 aliphatic heterocycles. The van der Waals surface area contributed by atoms with Crippen LogP contribution in [0.3, 0.4) is 0 Å². The summed E-state index contributed by atoms with van der Waals surface area (Å²) in [6, 6.07) is 0. The van der Waals surface area contributed by atoms with E-state index in [0.29, 0.717) is 0 Å². The van der Waals surface area contributed by atoms with Gasteiger partial charge in [-0.1, -0.05) is 53.0 Å². The molecule has 22 heavy (non-hydrogen) atoms. The predicted octanol–water partition coefficient (Wildman–Crippen LogP) is 3.97. The molecule has 132 valence electrons. The summed E-state index contributed by atoms with van der Waals surface area (Å²) in [6.45, 7) is 16.8. The lowest BCUT2D eigenvalue weighted by Crippen LogP contribution is -2.44. The van der Waals surface area contributed by atoms with Gasteiger partial charge in [0.25, 0.3) is 0 Å². The van der Waals surface area contributed by atoms with Crippen molar-refractivity contribution in [3.8, 4) is 0 Å². The van der Waals surface area contributed by atoms with Gasteiger partial charge in [0.15, 0.2) is 0 Å². The molecule has 1 fully saturated rings. The van der Waals surface area contributed by atoms with Crippen molar-refractivity contribution in [2.24, 2.45) is 5.92 Å². The van der Waals surface area contributed by atoms with Gasteiger partial charge in [-0.05, 0) is 32.4 Å². The first-order valence-corrected chi connectivity index (χ1v) is 9.33. The van der Waals surface area contributed by atoms with Crippen molar-refractivity contribution in [3.05, 3.63) is 12.3 Å². The lowest BCUT2D eigenvalue weighted by Gasteiger charge is -2.33. The first-order chi connectivity index (χ1) is 10.6. The number of nitrogens with one attached hydrogen (secondary N) is 1. The zero-order chi connectivity index (χ0) is 16.8. The molecule has 3 heteroatoms. The average molecular weight is 312 g/mol. The van der Waals surface area contributed by atoms with Crippen LogP contribution in [0, 0.1) is 5.92 Å². The van der Waals surface area contributed by atoms with E-state index in [9.17, 15) is 0 Å². The van der Waals surface area contributed by atoms with E-state index in [1.807, 2.05) is 7.05 Å². The Hall–Kier alpha value is -0.540. The van der Waals surface area contributed by atoms with Crippen molar-refractivity contribution in [1.29, 1.82) is 0 Å². The summed E-state index contributed by atoms with van der Waals surface area (Å²) in [4.78, 5) is 5.09. The summed E-state index contributed by atoms with van der Waals surface area (Å²) < 4.78 is 0. The number of allylic oxidation sites excluding steroid dienone is 1. The zero-order valence-electron chi connectivity index (χ0n) is 16.0. The lowest BCUT2D eigenvalue weighted by molar-refractivity contribution is 0.145. The molecule has 1 saturated heterocycles. The average Bonchev–Trinajstić information content (AvgIpc) is 2.54. The van der Waals surface area contributed by atoms with E-state index < -0.39 is 0 Å². The molecule has 3 nitrogen and oxygen atoms in total. The van der Waals surface area contributed by atoms with Crippen LogP contribution in [-0.2, 0) is 0 Å². The van der Waals surface area contributed by atoms with Gasteiger partial charge >= 0.3 is 0 Å². The highest BCUT2D eigenvalue weighted by Crippen LogP contribution is 2.18. The molecule has 1 rings (SSSR count). The first kappa shape index (κ1) is 21.5. The fourth-order valence-corrected chi connectivity index (χ4v) is 2.86. The number of piperazine rings is 1. The SMILES string of the molecule is C=C(CC)NC.CCCC(CCC)CCN1CCN(C)CC1. The third-order valence-corrected chi connectivity index (χ3v) is 4.62. The van der Waals surface area contributed by atoms with E-state index in [4.69, 9.17) is 0 Å². The minimum Gasteiger partial charge on any atom is -0.392 e. The molecule has 0 aromatic heterocycles. The Morgan fingerprint density at radius 2 is 1.55 bits per heavy atom. The van der Waals surface area contributed by atoms with E-state index in [0.717, 1.165) is 18.0 Å². The molecule has 0 saturated carbocycles. The molecule has 1 aliphatic rings. The van der Waals surface area contributed by atoms with E-state index in [-0.39, 0.29) is 0 Å². The fourth-order valence-electron chi connectivity index (χ4n) is 2.86. The molecule has 0 aromatic rings. The second kappa shape index (κ2) is 14.1. The highest BCUT2D eigenvalue weighted by atomic mass is 15.2. The number of hydrogen-bond donors (Lipinski definition) is 1. The fraction of sp³-hybridized carbons (Fsp3) is 0.895. The van der Waals surface area contributed by atoms with Crippen LogP contribution in [0.4, 0.5) is 0 Å². The zero-order valence-corrected chi connectivity index (χ0v) is 16.0. The van der Waals surface area contributed by atoms with Crippen LogP contribution in [0.5, 0.6) is 0 Å². The monoisotopic (exact) mass is 311 g/mol. The van der Waals surface area contributed by atoms with Crippen molar-refractivity contribution < 1.29 is 0 Å². The van der Waals surface area contributed by atoms with Crippen LogP contribution in [-0.4, -0.2) is 56.6 Å². The van der Waals surface area contributed by atoms with Gasteiger partial charge in [0, 0.05) is 38.9 Å². The van der Waals surface area contributed by atoms with Gasteiger partial charge < -0.3 is 15.1 Å². The molecule has 0 amide bonds. The van der Waals surface area contributed by atoms with Crippen LogP contribution in [0.15, 0.2) is 12.3 Å². The Morgan fingerprint density at radius 1 is 1.00 bits per heavy atom. The minimum atomic E-state index is 0.981. The van der Waals surface area contributed by atoms with Gasteiger partial charge in [-0.2, -0.15) is 0 Å². The Bertz CT molecular complexity index is 245. The number of nitrogens with zero attached hydrogens (tertiary/aromatic N) is 2. The maximum Gasteiger partial charge on any atom is 0.0110 e. The molecule has 0 atom stereocenters. The largest absolute Gasteiger partial charge is 0.392 e. The van der Waals surface area contributed by atoms with Crippen molar-refractivity contribution in [1.82, 2.24) is 15.1 Å². The highest BCUT2D eigenvalue weighted by Gasteiger charge is 2.15. The molecule has 0 aromatic carbocycles. The Kier molecular flexibility index (Phi) is 13.7. The molecule has 0 unspecified atom stereocenters. The van der Waals surface area contributed by atoms with Crippen molar-refractivity contribution in [3.63, 3.8) is 0 Å². The number of hydrogen-bond acceptors (Lipinski definition) is 3. The molecule has 0 radical (unpaired) electrons. The van der Waals surface area contributed by atoms with Gasteiger partial charge in [-0.25, -0.2) is 0 Å². The van der Waals surface area contributed by atoms with Gasteiger partial charge in [0.1, 0.15) is 0 Å². The molecule has 0 bridgehead atoms. The number of rotatable bonds is 9. The number of likely N-dealkylation sites (N-methyl/N-ethyl adjacent to an activating group) is 1. The molecule has 1 N–H and O–H groups in total. The second-order valence-electron chi connectivity index (χ2n) is 6.58. The summed E-state index contributed by atoms with van der Waals surface area (Å²) >= 11 is 0. The van der Waals surface area contributed by atoms with Crippen LogP contribution in [0.2, 0.25) is 0 Å². The van der Waals surface area contributed by atoms with Crippen molar-refractivity contribution in [2.45, 2.75) is 59.3 Å². The molecular formula is C19H41N3. The van der Waals surface area contributed by atoms with E-state index >= 15 is 0 Å². The van der Waals surface area contributed by atoms with E-state index in [2.05, 4.69) is 49.5 Å². The molecule has 0 spiro atoms. The minimum absolute atomic E-state index is 0.981. The Labute approximate surface area is 140 Å². The van der Waals surface area contributed by atoms with Gasteiger partial charge in [0.2, 0.25) is 0 Å². The highest BCUT2D eigenvalue weighted by molar-refractivity contribution is 4.86. The van der Waals surface area contributed by atoms with Crippen LogP contribution in [0.1, 0.15) is 59.3 Å². The maximum absolute atomic E-state index is 3.68. The summed E-state index contributed by atoms with van der Waals surface area (Å²) in [5.41, 5.74) is 1.09. The lowest BCUT2D eigenvalue weighted by atomic mass is 9.94. The van der Waals surface area contributed by atoms with Gasteiger partial charge in [-0.3, -0.25) is 0 Å². The third-order valence-electron chi connectivity index (χ3n) is 4.62. The van der Waals surface area contributed by atoms with Crippen LogP contribution >= 0.6 is 0 Å². The summed E-state index contributed by atoms with van der Waals surface area (Å²) in [5.74, 6) is 0.981. The van der Waals surface area contributed by atoms with Gasteiger partial charge in [-0.15, -0.1) is 0 Å². The van der Waals surface area contributed by atoms with Gasteiger partial charge in [0.05, 0.1) is 0 Å². The van der Waals surface area contributed by atoms with Crippen LogP contribution in [0.25, 0.3) is 0 Å². The maximum atomic E-state index is 3.68. The van der Waals surface area contributed by atoms with Crippen LogP contribution < -0.4 is 5.32 Å². The predicted molar refractivity (Wildman–Crippen MR) is 100 cm³/mol. The molecule has 0 aliphatic carbocycles. The topological polar surface area (TPSA) is 18.5 Å². The van der Waals surface area contributed by atoms with Crippen molar-refractivity contribution >= 4 is 0 Å². The smallest absolute Gasteiger partial charge is 0.0110 e. The Balaban J connectivity index is 0.000000626. The molecular weight excluding hydrogens is 270 g/mol. The third kappa shape index (κ3) is 11.1. The van der Waals surface area contributed by atoms with Crippen molar-refractivity contribution in [2.75, 3.05) is 46.8 Å². The second-order valence-corrected chi connectivity index (χ2v) is 6.58. The van der Waals surface area contributed by atoms with E-state index in [1.165, 1.54) is 64.8 Å². The first-order valence-electron chi connectivity index (χ1n) is 9.33. The molecule has 1 heterocycles.